The molecule has 2 nitrogen and oxygen atoms in total. The molecule has 0 N–H and O–H groups in total. The molecule has 0 spiro atoms. The summed E-state index contributed by atoms with van der Waals surface area (Å²) < 4.78 is 2.19. The highest BCUT2D eigenvalue weighted by atomic mass is 79.9. The van der Waals surface area contributed by atoms with Gasteiger partial charge in [-0.05, 0) is 12.5 Å². The molecule has 3 heteroatoms. The summed E-state index contributed by atoms with van der Waals surface area (Å²) in [6.07, 6.45) is 5.78. The SMILES string of the molecule is CCCCc1cccc[n+]1N(C)C.[Br-]. The Morgan fingerprint density at radius 2 is 2.00 bits per heavy atom. The molecule has 0 aromatic carbocycles. The number of aryl methyl sites for hydroxylation is 1. The minimum Gasteiger partial charge on any atom is -1.00 e. The van der Waals surface area contributed by atoms with Crippen LogP contribution < -0.4 is 26.7 Å². The van der Waals surface area contributed by atoms with Crippen molar-refractivity contribution in [2.24, 2.45) is 0 Å². The summed E-state index contributed by atoms with van der Waals surface area (Å²) in [4.78, 5) is 0. The topological polar surface area (TPSA) is 7.12 Å². The van der Waals surface area contributed by atoms with E-state index < -0.39 is 0 Å². The lowest BCUT2D eigenvalue weighted by atomic mass is 10.2. The highest BCUT2D eigenvalue weighted by molar-refractivity contribution is 4.97. The third-order valence-corrected chi connectivity index (χ3v) is 2.14. The third kappa shape index (κ3) is 3.66. The van der Waals surface area contributed by atoms with Crippen molar-refractivity contribution in [3.8, 4) is 0 Å². The summed E-state index contributed by atoms with van der Waals surface area (Å²) in [7, 11) is 4.13. The first-order valence-electron chi connectivity index (χ1n) is 4.93. The van der Waals surface area contributed by atoms with Gasteiger partial charge in [-0.2, -0.15) is 5.01 Å². The number of halogens is 1. The van der Waals surface area contributed by atoms with E-state index in [4.69, 9.17) is 0 Å². The molecular weight excluding hydrogens is 240 g/mol. The van der Waals surface area contributed by atoms with Crippen molar-refractivity contribution < 1.29 is 21.7 Å². The van der Waals surface area contributed by atoms with E-state index in [9.17, 15) is 0 Å². The average Bonchev–Trinajstić information content (AvgIpc) is 2.15. The van der Waals surface area contributed by atoms with Gasteiger partial charge in [-0.1, -0.05) is 18.0 Å². The van der Waals surface area contributed by atoms with E-state index in [0.29, 0.717) is 0 Å². The summed E-state index contributed by atoms with van der Waals surface area (Å²) in [6, 6.07) is 6.36. The summed E-state index contributed by atoms with van der Waals surface area (Å²) in [6.45, 7) is 2.23. The van der Waals surface area contributed by atoms with Crippen LogP contribution in [-0.4, -0.2) is 14.1 Å². The maximum Gasteiger partial charge on any atom is 0.211 e. The average molecular weight is 259 g/mol. The molecular formula is C11H19BrN2. The van der Waals surface area contributed by atoms with Crippen LogP contribution in [-0.2, 0) is 6.42 Å². The van der Waals surface area contributed by atoms with Gasteiger partial charge >= 0.3 is 0 Å². The van der Waals surface area contributed by atoms with Crippen molar-refractivity contribution in [3.05, 3.63) is 30.1 Å². The van der Waals surface area contributed by atoms with Gasteiger partial charge in [0, 0.05) is 18.6 Å². The Morgan fingerprint density at radius 1 is 1.29 bits per heavy atom. The van der Waals surface area contributed by atoms with Crippen molar-refractivity contribution in [2.45, 2.75) is 26.2 Å². The molecule has 0 saturated carbocycles. The Labute approximate surface area is 97.3 Å². The lowest BCUT2D eigenvalue weighted by molar-refractivity contribution is -0.694. The number of pyridine rings is 1. The molecule has 0 amide bonds. The summed E-state index contributed by atoms with van der Waals surface area (Å²) in [5.74, 6) is 0. The molecule has 0 unspecified atom stereocenters. The Hall–Kier alpha value is -0.570. The van der Waals surface area contributed by atoms with Gasteiger partial charge in [-0.3, -0.25) is 0 Å². The number of aromatic nitrogens is 1. The van der Waals surface area contributed by atoms with Gasteiger partial charge in [0.05, 0.1) is 14.1 Å². The van der Waals surface area contributed by atoms with Crippen LogP contribution >= 0.6 is 0 Å². The van der Waals surface area contributed by atoms with E-state index >= 15 is 0 Å². The van der Waals surface area contributed by atoms with Crippen LogP contribution in [0.4, 0.5) is 0 Å². The molecule has 0 bridgehead atoms. The van der Waals surface area contributed by atoms with Gasteiger partial charge in [0.25, 0.3) is 0 Å². The largest absolute Gasteiger partial charge is 1.00 e. The molecule has 0 saturated heterocycles. The van der Waals surface area contributed by atoms with Gasteiger partial charge in [0.2, 0.25) is 5.69 Å². The van der Waals surface area contributed by atoms with Gasteiger partial charge in [0.1, 0.15) is 0 Å². The lowest BCUT2D eigenvalue weighted by Gasteiger charge is -2.08. The predicted molar refractivity (Wildman–Crippen MR) is 55.3 cm³/mol. The summed E-state index contributed by atoms with van der Waals surface area (Å²) in [5, 5.41) is 2.10. The van der Waals surface area contributed by atoms with Crippen molar-refractivity contribution >= 4 is 0 Å². The second kappa shape index (κ2) is 6.82. The van der Waals surface area contributed by atoms with Gasteiger partial charge < -0.3 is 17.0 Å². The van der Waals surface area contributed by atoms with Gasteiger partial charge in [-0.15, -0.1) is 0 Å². The Kier molecular flexibility index (Phi) is 6.54. The fourth-order valence-corrected chi connectivity index (χ4v) is 1.42. The normalized spacial score (nSPS) is 9.36. The maximum atomic E-state index is 2.23. The van der Waals surface area contributed by atoms with Crippen LogP contribution in [0.15, 0.2) is 24.4 Å². The molecule has 1 heterocycles. The number of hydrogen-bond acceptors (Lipinski definition) is 1. The van der Waals surface area contributed by atoms with Crippen molar-refractivity contribution in [1.82, 2.24) is 0 Å². The highest BCUT2D eigenvalue weighted by Crippen LogP contribution is 1.98. The molecule has 0 fully saturated rings. The molecule has 14 heavy (non-hydrogen) atoms. The Bertz CT molecular complexity index is 261. The van der Waals surface area contributed by atoms with Crippen LogP contribution in [0.2, 0.25) is 0 Å². The molecule has 0 aliphatic carbocycles. The maximum absolute atomic E-state index is 2.23. The number of unbranched alkanes of at least 4 members (excludes halogenated alkanes) is 1. The molecule has 0 aliphatic heterocycles. The van der Waals surface area contributed by atoms with Gasteiger partial charge in [0.15, 0.2) is 6.20 Å². The van der Waals surface area contributed by atoms with Crippen molar-refractivity contribution in [3.63, 3.8) is 0 Å². The minimum absolute atomic E-state index is 0. The first-order chi connectivity index (χ1) is 6.25. The zero-order valence-electron chi connectivity index (χ0n) is 9.20. The van der Waals surface area contributed by atoms with E-state index in [1.54, 1.807) is 0 Å². The zero-order chi connectivity index (χ0) is 9.68. The zero-order valence-corrected chi connectivity index (χ0v) is 10.8. The number of hydrogen-bond donors (Lipinski definition) is 0. The molecule has 1 rings (SSSR count). The molecule has 0 radical (unpaired) electrons. The van der Waals surface area contributed by atoms with Crippen molar-refractivity contribution in [1.29, 1.82) is 0 Å². The Balaban J connectivity index is 0.00000169. The molecule has 1 aromatic heterocycles. The van der Waals surface area contributed by atoms with Crippen LogP contribution in [0.1, 0.15) is 25.5 Å². The first-order valence-corrected chi connectivity index (χ1v) is 4.93. The highest BCUT2D eigenvalue weighted by Gasteiger charge is 2.09. The van der Waals surface area contributed by atoms with Crippen LogP contribution in [0, 0.1) is 0 Å². The second-order valence-corrected chi connectivity index (χ2v) is 3.49. The predicted octanol–water partition coefficient (Wildman–Crippen LogP) is -1.48. The van der Waals surface area contributed by atoms with Crippen LogP contribution in [0.3, 0.4) is 0 Å². The van der Waals surface area contributed by atoms with E-state index in [2.05, 4.69) is 55.1 Å². The van der Waals surface area contributed by atoms with E-state index in [1.165, 1.54) is 18.5 Å². The number of rotatable bonds is 4. The van der Waals surface area contributed by atoms with Crippen LogP contribution in [0.25, 0.3) is 0 Å². The fraction of sp³-hybridized carbons (Fsp3) is 0.545. The minimum atomic E-state index is 0. The van der Waals surface area contributed by atoms with E-state index in [-0.39, 0.29) is 17.0 Å². The monoisotopic (exact) mass is 258 g/mol. The smallest absolute Gasteiger partial charge is 0.211 e. The molecule has 0 aliphatic rings. The fourth-order valence-electron chi connectivity index (χ4n) is 1.42. The Morgan fingerprint density at radius 3 is 2.57 bits per heavy atom. The second-order valence-electron chi connectivity index (χ2n) is 3.49. The summed E-state index contributed by atoms with van der Waals surface area (Å²) >= 11 is 0. The molecule has 80 valence electrons. The van der Waals surface area contributed by atoms with Gasteiger partial charge in [-0.25, -0.2) is 0 Å². The van der Waals surface area contributed by atoms with Crippen LogP contribution in [0.5, 0.6) is 0 Å². The third-order valence-electron chi connectivity index (χ3n) is 2.14. The lowest BCUT2D eigenvalue weighted by Crippen LogP contribution is -3.00. The number of nitrogens with zero attached hydrogens (tertiary/aromatic N) is 2. The van der Waals surface area contributed by atoms with E-state index in [0.717, 1.165) is 6.42 Å². The van der Waals surface area contributed by atoms with E-state index in [1.807, 2.05) is 0 Å². The first kappa shape index (κ1) is 13.4. The molecule has 0 atom stereocenters. The summed E-state index contributed by atoms with van der Waals surface area (Å²) in [5.41, 5.74) is 1.38. The van der Waals surface area contributed by atoms with Crippen molar-refractivity contribution in [2.75, 3.05) is 19.1 Å². The quantitative estimate of drug-likeness (QED) is 0.598. The molecule has 1 aromatic rings. The standard InChI is InChI=1S/C11H19N2.BrH/c1-4-5-8-11-9-6-7-10-13(11)12(2)3;/h6-7,9-10H,4-5,8H2,1-3H3;1H/q+1;/p-1.